The second-order valence-electron chi connectivity index (χ2n) is 6.46. The Balaban J connectivity index is 1.82. The molecule has 1 aliphatic carbocycles. The van der Waals surface area contributed by atoms with E-state index < -0.39 is 0 Å². The molecule has 1 heterocycles. The molecule has 0 atom stereocenters. The van der Waals surface area contributed by atoms with Crippen LogP contribution in [0, 0.1) is 0 Å². The summed E-state index contributed by atoms with van der Waals surface area (Å²) < 4.78 is 11.2. The van der Waals surface area contributed by atoms with Gasteiger partial charge in [0.2, 0.25) is 5.43 Å². The smallest absolute Gasteiger partial charge is 0.228 e. The van der Waals surface area contributed by atoms with Crippen molar-refractivity contribution < 1.29 is 9.15 Å². The van der Waals surface area contributed by atoms with Crippen LogP contribution in [0.2, 0.25) is 0 Å². The fourth-order valence-electron chi connectivity index (χ4n) is 3.82. The van der Waals surface area contributed by atoms with Crippen molar-refractivity contribution in [3.8, 4) is 5.75 Å². The van der Waals surface area contributed by atoms with E-state index in [1.807, 2.05) is 36.4 Å². The lowest BCUT2D eigenvalue weighted by molar-refractivity contribution is 0.415. The molecule has 0 amide bonds. The Morgan fingerprint density at radius 1 is 0.920 bits per heavy atom. The Morgan fingerprint density at radius 2 is 1.64 bits per heavy atom. The van der Waals surface area contributed by atoms with Crippen LogP contribution in [-0.2, 0) is 12.8 Å². The third-order valence-electron chi connectivity index (χ3n) is 5.06. The molecule has 0 spiro atoms. The van der Waals surface area contributed by atoms with Crippen molar-refractivity contribution in [1.82, 2.24) is 0 Å². The molecule has 0 N–H and O–H groups in total. The van der Waals surface area contributed by atoms with Crippen LogP contribution >= 0.6 is 0 Å². The third kappa shape index (κ3) is 2.09. The Morgan fingerprint density at radius 3 is 2.36 bits per heavy atom. The molecule has 1 aliphatic rings. The number of hydrogen-bond donors (Lipinski definition) is 0. The van der Waals surface area contributed by atoms with Crippen LogP contribution in [0.15, 0.2) is 57.7 Å². The summed E-state index contributed by atoms with van der Waals surface area (Å²) in [4.78, 5) is 13.0. The zero-order chi connectivity index (χ0) is 17.0. The second kappa shape index (κ2) is 5.21. The number of benzene rings is 3. The van der Waals surface area contributed by atoms with Crippen molar-refractivity contribution in [3.63, 3.8) is 0 Å². The van der Waals surface area contributed by atoms with E-state index in [4.69, 9.17) is 9.15 Å². The molecule has 0 unspecified atom stereocenters. The molecule has 0 saturated carbocycles. The Bertz CT molecular complexity index is 1220. The maximum absolute atomic E-state index is 13.0. The fourth-order valence-corrected chi connectivity index (χ4v) is 3.82. The average molecular weight is 328 g/mol. The summed E-state index contributed by atoms with van der Waals surface area (Å²) in [6.45, 7) is 0. The maximum Gasteiger partial charge on any atom is 0.228 e. The number of hydrogen-bond acceptors (Lipinski definition) is 3. The normalized spacial score (nSPS) is 13.9. The van der Waals surface area contributed by atoms with Gasteiger partial charge in [-0.05, 0) is 65.3 Å². The van der Waals surface area contributed by atoms with E-state index >= 15 is 0 Å². The first-order chi connectivity index (χ1) is 12.2. The third-order valence-corrected chi connectivity index (χ3v) is 5.06. The lowest BCUT2D eigenvalue weighted by Crippen LogP contribution is -2.24. The molecule has 5 rings (SSSR count). The molecule has 3 nitrogen and oxygen atoms in total. The van der Waals surface area contributed by atoms with Gasteiger partial charge in [-0.15, -0.1) is 0 Å². The van der Waals surface area contributed by atoms with Gasteiger partial charge in [0.05, 0.1) is 7.11 Å². The molecule has 0 aliphatic heterocycles. The predicted octanol–water partition coefficient (Wildman–Crippen LogP) is 3.60. The van der Waals surface area contributed by atoms with Crippen LogP contribution in [-0.4, -0.2) is 7.11 Å². The monoisotopic (exact) mass is 328 g/mol. The van der Waals surface area contributed by atoms with Gasteiger partial charge < -0.3 is 9.15 Å². The fraction of sp³-hybridized carbons (Fsp3) is 0.136. The molecular weight excluding hydrogens is 312 g/mol. The lowest BCUT2D eigenvalue weighted by Gasteiger charge is -2.07. The van der Waals surface area contributed by atoms with Crippen molar-refractivity contribution in [1.29, 1.82) is 0 Å². The first-order valence-corrected chi connectivity index (χ1v) is 8.40. The van der Waals surface area contributed by atoms with Crippen molar-refractivity contribution in [2.45, 2.75) is 12.8 Å². The number of ether oxygens (including phenoxy) is 1. The van der Waals surface area contributed by atoms with Crippen molar-refractivity contribution in [2.24, 2.45) is 0 Å². The second-order valence-corrected chi connectivity index (χ2v) is 6.46. The summed E-state index contributed by atoms with van der Waals surface area (Å²) in [6, 6.07) is 15.7. The van der Waals surface area contributed by atoms with E-state index in [2.05, 4.69) is 12.1 Å². The largest absolute Gasteiger partial charge is 0.497 e. The SMILES string of the molecule is COc1ccc(C=c2oc3ccc4c5c(ccc(c2=O)c35)CC4)cc1. The van der Waals surface area contributed by atoms with Gasteiger partial charge in [0, 0.05) is 10.8 Å². The highest BCUT2D eigenvalue weighted by molar-refractivity contribution is 6.10. The maximum atomic E-state index is 13.0. The Hall–Kier alpha value is -3.07. The van der Waals surface area contributed by atoms with Gasteiger partial charge in [-0.25, -0.2) is 0 Å². The zero-order valence-electron chi connectivity index (χ0n) is 13.8. The number of methoxy groups -OCH3 is 1. The zero-order valence-corrected chi connectivity index (χ0v) is 13.8. The van der Waals surface area contributed by atoms with Gasteiger partial charge in [0.1, 0.15) is 11.3 Å². The van der Waals surface area contributed by atoms with Gasteiger partial charge in [-0.2, -0.15) is 0 Å². The quantitative estimate of drug-likeness (QED) is 0.564. The predicted molar refractivity (Wildman–Crippen MR) is 99.2 cm³/mol. The summed E-state index contributed by atoms with van der Waals surface area (Å²) >= 11 is 0. The van der Waals surface area contributed by atoms with Crippen molar-refractivity contribution in [2.75, 3.05) is 7.11 Å². The van der Waals surface area contributed by atoms with E-state index in [9.17, 15) is 4.79 Å². The molecule has 1 aromatic heterocycles. The summed E-state index contributed by atoms with van der Waals surface area (Å²) in [5.74, 6) is 0.784. The Kier molecular flexibility index (Phi) is 2.98. The van der Waals surface area contributed by atoms with Crippen molar-refractivity contribution >= 4 is 27.8 Å². The Labute approximate surface area is 144 Å². The standard InChI is InChI=1S/C22H16O3/c1-24-16-8-2-13(3-9-16)12-19-22(23)17-10-6-14-4-5-15-7-11-18(25-19)21(17)20(14)15/h2-3,6-12H,4-5H2,1H3. The van der Waals surface area contributed by atoms with Crippen LogP contribution < -0.4 is 15.6 Å². The molecule has 0 saturated heterocycles. The van der Waals surface area contributed by atoms with Gasteiger partial charge in [-0.1, -0.05) is 24.3 Å². The minimum atomic E-state index is -0.0566. The van der Waals surface area contributed by atoms with Gasteiger partial charge >= 0.3 is 0 Å². The topological polar surface area (TPSA) is 39.4 Å². The van der Waals surface area contributed by atoms with Crippen molar-refractivity contribution in [3.05, 3.63) is 80.9 Å². The highest BCUT2D eigenvalue weighted by Gasteiger charge is 2.19. The number of rotatable bonds is 2. The lowest BCUT2D eigenvalue weighted by atomic mass is 10.0. The summed E-state index contributed by atoms with van der Waals surface area (Å²) in [6.07, 6.45) is 3.87. The van der Waals surface area contributed by atoms with Crippen LogP contribution in [0.4, 0.5) is 0 Å². The molecule has 25 heavy (non-hydrogen) atoms. The van der Waals surface area contributed by atoms with E-state index in [0.29, 0.717) is 5.42 Å². The molecule has 0 bridgehead atoms. The minimum absolute atomic E-state index is 0.0566. The number of aryl methyl sites for hydroxylation is 2. The molecule has 4 aromatic rings. The molecule has 122 valence electrons. The first kappa shape index (κ1) is 14.3. The van der Waals surface area contributed by atoms with E-state index in [-0.39, 0.29) is 5.43 Å². The summed E-state index contributed by atoms with van der Waals surface area (Å²) in [5, 5.41) is 2.93. The molecule has 0 radical (unpaired) electrons. The van der Waals surface area contributed by atoms with Gasteiger partial charge in [0.15, 0.2) is 5.42 Å². The molecule has 3 heteroatoms. The highest BCUT2D eigenvalue weighted by atomic mass is 16.5. The first-order valence-electron chi connectivity index (χ1n) is 8.40. The summed E-state index contributed by atoms with van der Waals surface area (Å²) in [5.41, 5.74) is 4.61. The molecule has 3 aromatic carbocycles. The van der Waals surface area contributed by atoms with Crippen LogP contribution in [0.3, 0.4) is 0 Å². The van der Waals surface area contributed by atoms with E-state index in [1.54, 1.807) is 13.2 Å². The minimum Gasteiger partial charge on any atom is -0.497 e. The molecule has 0 fully saturated rings. The van der Waals surface area contributed by atoms with Crippen LogP contribution in [0.5, 0.6) is 5.75 Å². The average Bonchev–Trinajstić information content (AvgIpc) is 3.08. The summed E-state index contributed by atoms with van der Waals surface area (Å²) in [7, 11) is 1.63. The van der Waals surface area contributed by atoms with E-state index in [0.717, 1.165) is 40.5 Å². The van der Waals surface area contributed by atoms with Crippen LogP contribution in [0.1, 0.15) is 16.7 Å². The molecular formula is C22H16O3. The van der Waals surface area contributed by atoms with Gasteiger partial charge in [0.25, 0.3) is 0 Å². The van der Waals surface area contributed by atoms with E-state index in [1.165, 1.54) is 16.5 Å². The highest BCUT2D eigenvalue weighted by Crippen LogP contribution is 2.35. The van der Waals surface area contributed by atoms with Crippen LogP contribution in [0.25, 0.3) is 27.8 Å². The van der Waals surface area contributed by atoms with Gasteiger partial charge in [-0.3, -0.25) is 4.79 Å².